The van der Waals surface area contributed by atoms with Gasteiger partial charge in [0.15, 0.2) is 0 Å². The van der Waals surface area contributed by atoms with E-state index in [-0.39, 0.29) is 17.9 Å². The van der Waals surface area contributed by atoms with E-state index in [2.05, 4.69) is 17.1 Å². The fourth-order valence-electron chi connectivity index (χ4n) is 3.04. The van der Waals surface area contributed by atoms with Gasteiger partial charge in [0, 0.05) is 19.6 Å². The molecule has 22 heavy (non-hydrogen) atoms. The summed E-state index contributed by atoms with van der Waals surface area (Å²) in [5.74, 6) is 0.0779. The summed E-state index contributed by atoms with van der Waals surface area (Å²) in [6.07, 6.45) is 3.41. The van der Waals surface area contributed by atoms with Crippen molar-refractivity contribution in [2.75, 3.05) is 26.2 Å². The average molecular weight is 304 g/mol. The third-order valence-corrected chi connectivity index (χ3v) is 4.43. The molecule has 2 N–H and O–H groups in total. The topological polar surface area (TPSA) is 52.6 Å². The van der Waals surface area contributed by atoms with Crippen LogP contribution in [-0.4, -0.2) is 48.2 Å². The van der Waals surface area contributed by atoms with E-state index in [1.165, 1.54) is 0 Å². The fourth-order valence-corrected chi connectivity index (χ4v) is 3.04. The first kappa shape index (κ1) is 17.0. The molecule has 4 heteroatoms. The molecule has 1 saturated heterocycles. The molecule has 2 rings (SSSR count). The molecule has 0 aliphatic carbocycles. The molecule has 122 valence electrons. The van der Waals surface area contributed by atoms with E-state index < -0.39 is 0 Å². The molecule has 1 aromatic rings. The van der Waals surface area contributed by atoms with Crippen LogP contribution in [0.25, 0.3) is 0 Å². The van der Waals surface area contributed by atoms with Gasteiger partial charge in [0.05, 0.1) is 12.0 Å². The van der Waals surface area contributed by atoms with Crippen LogP contribution in [0, 0.1) is 0 Å². The SMILES string of the molecule is CCC(C(=O)NCCCN1CCC(O)CC1)c1ccccc1. The summed E-state index contributed by atoms with van der Waals surface area (Å²) in [5.41, 5.74) is 1.09. The standard InChI is InChI=1S/C18H28N2O2/c1-2-17(15-7-4-3-5-8-15)18(22)19-11-6-12-20-13-9-16(21)10-14-20/h3-5,7-8,16-17,21H,2,6,9-14H2,1H3,(H,19,22). The Morgan fingerprint density at radius 2 is 2.00 bits per heavy atom. The van der Waals surface area contributed by atoms with Gasteiger partial charge in [-0.3, -0.25) is 4.79 Å². The second-order valence-electron chi connectivity index (χ2n) is 6.09. The van der Waals surface area contributed by atoms with E-state index >= 15 is 0 Å². The summed E-state index contributed by atoms with van der Waals surface area (Å²) in [4.78, 5) is 14.7. The van der Waals surface area contributed by atoms with Gasteiger partial charge in [-0.05, 0) is 37.8 Å². The second kappa shape index (κ2) is 8.91. The van der Waals surface area contributed by atoms with E-state index in [1.54, 1.807) is 0 Å². The lowest BCUT2D eigenvalue weighted by Crippen LogP contribution is -2.38. The number of nitrogens with zero attached hydrogens (tertiary/aromatic N) is 1. The molecular formula is C18H28N2O2. The first-order valence-electron chi connectivity index (χ1n) is 8.43. The molecule has 1 aliphatic rings. The third-order valence-electron chi connectivity index (χ3n) is 4.43. The van der Waals surface area contributed by atoms with Gasteiger partial charge in [0.1, 0.15) is 0 Å². The molecule has 1 atom stereocenters. The summed E-state index contributed by atoms with van der Waals surface area (Å²) in [6, 6.07) is 9.98. The smallest absolute Gasteiger partial charge is 0.227 e. The van der Waals surface area contributed by atoms with Crippen molar-refractivity contribution in [3.63, 3.8) is 0 Å². The maximum absolute atomic E-state index is 12.3. The Labute approximate surface area is 133 Å². The van der Waals surface area contributed by atoms with Gasteiger partial charge in [0.25, 0.3) is 0 Å². The molecular weight excluding hydrogens is 276 g/mol. The molecule has 0 radical (unpaired) electrons. The molecule has 1 unspecified atom stereocenters. The Morgan fingerprint density at radius 3 is 2.64 bits per heavy atom. The molecule has 1 aliphatic heterocycles. The number of hydrogen-bond donors (Lipinski definition) is 2. The van der Waals surface area contributed by atoms with Crippen molar-refractivity contribution in [1.29, 1.82) is 0 Å². The van der Waals surface area contributed by atoms with Crippen molar-refractivity contribution in [1.82, 2.24) is 10.2 Å². The van der Waals surface area contributed by atoms with Crippen LogP contribution >= 0.6 is 0 Å². The van der Waals surface area contributed by atoms with Crippen molar-refractivity contribution in [3.8, 4) is 0 Å². The first-order valence-corrected chi connectivity index (χ1v) is 8.43. The van der Waals surface area contributed by atoms with E-state index in [9.17, 15) is 9.90 Å². The van der Waals surface area contributed by atoms with Gasteiger partial charge in [-0.2, -0.15) is 0 Å². The third kappa shape index (κ3) is 5.11. The number of amides is 1. The molecule has 1 heterocycles. The normalized spacial score (nSPS) is 18.1. The number of aliphatic hydroxyl groups excluding tert-OH is 1. The molecule has 4 nitrogen and oxygen atoms in total. The lowest BCUT2D eigenvalue weighted by molar-refractivity contribution is -0.122. The molecule has 0 aromatic heterocycles. The van der Waals surface area contributed by atoms with Crippen LogP contribution in [0.2, 0.25) is 0 Å². The van der Waals surface area contributed by atoms with Gasteiger partial charge in [0.2, 0.25) is 5.91 Å². The van der Waals surface area contributed by atoms with E-state index in [4.69, 9.17) is 0 Å². The van der Waals surface area contributed by atoms with Crippen LogP contribution in [0.4, 0.5) is 0 Å². The highest BCUT2D eigenvalue weighted by molar-refractivity contribution is 5.83. The van der Waals surface area contributed by atoms with Crippen molar-refractivity contribution in [3.05, 3.63) is 35.9 Å². The van der Waals surface area contributed by atoms with Crippen LogP contribution in [0.5, 0.6) is 0 Å². The number of rotatable bonds is 7. The van der Waals surface area contributed by atoms with Gasteiger partial charge in [-0.15, -0.1) is 0 Å². The van der Waals surface area contributed by atoms with Crippen molar-refractivity contribution in [2.45, 2.75) is 44.6 Å². The zero-order valence-electron chi connectivity index (χ0n) is 13.5. The number of piperidine rings is 1. The largest absolute Gasteiger partial charge is 0.393 e. The van der Waals surface area contributed by atoms with Crippen LogP contribution in [0.1, 0.15) is 44.1 Å². The van der Waals surface area contributed by atoms with Gasteiger partial charge in [-0.25, -0.2) is 0 Å². The molecule has 0 spiro atoms. The fraction of sp³-hybridized carbons (Fsp3) is 0.611. The van der Waals surface area contributed by atoms with Crippen LogP contribution in [-0.2, 0) is 4.79 Å². The Balaban J connectivity index is 1.68. The van der Waals surface area contributed by atoms with Crippen molar-refractivity contribution < 1.29 is 9.90 Å². The van der Waals surface area contributed by atoms with E-state index in [0.29, 0.717) is 0 Å². The number of nitrogens with one attached hydrogen (secondary N) is 1. The predicted molar refractivity (Wildman–Crippen MR) is 88.8 cm³/mol. The van der Waals surface area contributed by atoms with Gasteiger partial charge < -0.3 is 15.3 Å². The summed E-state index contributed by atoms with van der Waals surface area (Å²) < 4.78 is 0. The summed E-state index contributed by atoms with van der Waals surface area (Å²) in [6.45, 7) is 5.71. The number of benzene rings is 1. The van der Waals surface area contributed by atoms with E-state index in [0.717, 1.165) is 57.4 Å². The number of hydrogen-bond acceptors (Lipinski definition) is 3. The monoisotopic (exact) mass is 304 g/mol. The lowest BCUT2D eigenvalue weighted by atomic mass is 9.96. The second-order valence-corrected chi connectivity index (χ2v) is 6.09. The molecule has 0 saturated carbocycles. The Bertz CT molecular complexity index is 442. The minimum atomic E-state index is -0.118. The maximum Gasteiger partial charge on any atom is 0.227 e. The summed E-state index contributed by atoms with van der Waals surface area (Å²) >= 11 is 0. The Morgan fingerprint density at radius 1 is 1.32 bits per heavy atom. The quantitative estimate of drug-likeness (QED) is 0.759. The van der Waals surface area contributed by atoms with Gasteiger partial charge >= 0.3 is 0 Å². The highest BCUT2D eigenvalue weighted by Crippen LogP contribution is 2.19. The molecule has 1 aromatic carbocycles. The number of aliphatic hydroxyl groups is 1. The molecule has 0 bridgehead atoms. The van der Waals surface area contributed by atoms with Gasteiger partial charge in [-0.1, -0.05) is 37.3 Å². The Hall–Kier alpha value is -1.39. The predicted octanol–water partition coefficient (Wildman–Crippen LogP) is 2.14. The Kier molecular flexibility index (Phi) is 6.87. The van der Waals surface area contributed by atoms with Crippen molar-refractivity contribution in [2.24, 2.45) is 0 Å². The first-order chi connectivity index (χ1) is 10.7. The molecule has 1 amide bonds. The zero-order chi connectivity index (χ0) is 15.8. The van der Waals surface area contributed by atoms with Crippen LogP contribution < -0.4 is 5.32 Å². The van der Waals surface area contributed by atoms with Crippen LogP contribution in [0.15, 0.2) is 30.3 Å². The maximum atomic E-state index is 12.3. The summed E-state index contributed by atoms with van der Waals surface area (Å²) in [7, 11) is 0. The van der Waals surface area contributed by atoms with Crippen LogP contribution in [0.3, 0.4) is 0 Å². The number of carbonyl (C=O) groups is 1. The minimum Gasteiger partial charge on any atom is -0.393 e. The minimum absolute atomic E-state index is 0.0497. The number of likely N-dealkylation sites (tertiary alicyclic amines) is 1. The highest BCUT2D eigenvalue weighted by atomic mass is 16.3. The summed E-state index contributed by atoms with van der Waals surface area (Å²) in [5, 5.41) is 12.5. The molecule has 1 fully saturated rings. The average Bonchev–Trinajstić information content (AvgIpc) is 2.55. The van der Waals surface area contributed by atoms with Crippen molar-refractivity contribution >= 4 is 5.91 Å². The number of carbonyl (C=O) groups excluding carboxylic acids is 1. The zero-order valence-corrected chi connectivity index (χ0v) is 13.5. The lowest BCUT2D eigenvalue weighted by Gasteiger charge is -2.29. The highest BCUT2D eigenvalue weighted by Gasteiger charge is 2.18. The van der Waals surface area contributed by atoms with E-state index in [1.807, 2.05) is 30.3 Å².